The molecular weight excluding hydrogens is 494 g/mol. The highest BCUT2D eigenvalue weighted by Crippen LogP contribution is 2.28. The van der Waals surface area contributed by atoms with E-state index >= 15 is 0 Å². The number of pyridine rings is 1. The van der Waals surface area contributed by atoms with Gasteiger partial charge in [0.05, 0.1) is 30.0 Å². The van der Waals surface area contributed by atoms with Crippen molar-refractivity contribution >= 4 is 22.7 Å². The van der Waals surface area contributed by atoms with Crippen molar-refractivity contribution in [1.29, 1.82) is 0 Å². The monoisotopic (exact) mass is 530 g/mol. The number of anilines is 2. The number of hydrogen-bond donors (Lipinski definition) is 3. The number of aliphatic hydroxyl groups excluding tert-OH is 1. The van der Waals surface area contributed by atoms with Gasteiger partial charge in [0.2, 0.25) is 0 Å². The number of rotatable bonds is 7. The average Bonchev–Trinajstić information content (AvgIpc) is 3.40. The molecule has 3 aromatic rings. The lowest BCUT2D eigenvalue weighted by atomic mass is 10.0. The van der Waals surface area contributed by atoms with E-state index in [0.29, 0.717) is 69.3 Å². The molecule has 9 nitrogen and oxygen atoms in total. The Kier molecular flexibility index (Phi) is 9.03. The molecule has 3 N–H and O–H groups in total. The summed E-state index contributed by atoms with van der Waals surface area (Å²) in [6.07, 6.45) is 3.02. The summed E-state index contributed by atoms with van der Waals surface area (Å²) < 4.78 is 33.2. The van der Waals surface area contributed by atoms with E-state index in [1.54, 1.807) is 20.0 Å². The molecule has 0 amide bonds. The molecule has 1 unspecified atom stereocenters. The second-order valence-corrected chi connectivity index (χ2v) is 10.3. The van der Waals surface area contributed by atoms with Crippen LogP contribution in [-0.2, 0) is 17.7 Å². The van der Waals surface area contributed by atoms with Crippen molar-refractivity contribution in [2.45, 2.75) is 44.9 Å². The molecule has 2 fully saturated rings. The molecule has 38 heavy (non-hydrogen) atoms. The normalized spacial score (nSPS) is 18.4. The van der Waals surface area contributed by atoms with Gasteiger partial charge < -0.3 is 25.2 Å². The minimum Gasteiger partial charge on any atom is -0.400 e. The molecule has 206 valence electrons. The number of aromatic nitrogens is 3. The third-order valence-corrected chi connectivity index (χ3v) is 6.55. The Labute approximate surface area is 221 Å². The van der Waals surface area contributed by atoms with Crippen molar-refractivity contribution < 1.29 is 23.7 Å². The van der Waals surface area contributed by atoms with Crippen LogP contribution in [-0.4, -0.2) is 88.2 Å². The minimum absolute atomic E-state index is 0.158. The van der Waals surface area contributed by atoms with E-state index in [4.69, 9.17) is 19.8 Å². The maximum Gasteiger partial charge on any atom is 0.172 e. The van der Waals surface area contributed by atoms with Gasteiger partial charge in [0, 0.05) is 64.1 Å². The number of nitrogens with zero attached hydrogens (tertiary/aromatic N) is 5. The first-order valence-electron chi connectivity index (χ1n) is 12.8. The first-order chi connectivity index (χ1) is 18.2. The minimum atomic E-state index is -0.871. The Balaban J connectivity index is 0.00000164. The largest absolute Gasteiger partial charge is 0.400 e. The van der Waals surface area contributed by atoms with Crippen LogP contribution in [0.15, 0.2) is 30.5 Å². The highest BCUT2D eigenvalue weighted by Gasteiger charge is 2.25. The molecule has 11 heteroatoms. The van der Waals surface area contributed by atoms with E-state index in [1.165, 1.54) is 12.1 Å². The number of ether oxygens (including phenoxy) is 1. The second-order valence-electron chi connectivity index (χ2n) is 10.3. The van der Waals surface area contributed by atoms with Gasteiger partial charge in [-0.1, -0.05) is 0 Å². The molecule has 0 bridgehead atoms. The maximum absolute atomic E-state index is 14.1. The first kappa shape index (κ1) is 28.0. The Morgan fingerprint density at radius 1 is 1.08 bits per heavy atom. The van der Waals surface area contributed by atoms with Crippen molar-refractivity contribution in [3.63, 3.8) is 0 Å². The number of benzene rings is 1. The lowest BCUT2D eigenvalue weighted by Gasteiger charge is -2.36. The summed E-state index contributed by atoms with van der Waals surface area (Å²) in [6.45, 7) is 7.92. The highest BCUT2D eigenvalue weighted by molar-refractivity contribution is 5.80. The number of aliphatic hydroxyl groups is 2. The van der Waals surface area contributed by atoms with Gasteiger partial charge in [-0.3, -0.25) is 9.88 Å². The van der Waals surface area contributed by atoms with E-state index < -0.39 is 11.4 Å². The van der Waals surface area contributed by atoms with Crippen molar-refractivity contribution in [3.8, 4) is 0 Å². The molecule has 0 saturated carbocycles. The van der Waals surface area contributed by atoms with Gasteiger partial charge in [-0.2, -0.15) is 0 Å². The molecule has 4 heterocycles. The summed E-state index contributed by atoms with van der Waals surface area (Å²) >= 11 is 0. The van der Waals surface area contributed by atoms with Crippen molar-refractivity contribution in [2.75, 3.05) is 56.7 Å². The van der Waals surface area contributed by atoms with Gasteiger partial charge in [-0.15, -0.1) is 0 Å². The summed E-state index contributed by atoms with van der Waals surface area (Å²) in [5.74, 6) is 0.634. The van der Waals surface area contributed by atoms with Crippen LogP contribution in [0.4, 0.5) is 20.4 Å². The molecule has 0 spiro atoms. The molecule has 0 aliphatic carbocycles. The summed E-state index contributed by atoms with van der Waals surface area (Å²) in [5.41, 5.74) is 1.65. The number of nitrogens with one attached hydrogen (secondary N) is 1. The SMILES string of the molecule is CC(C)(O)Cc1cc2nc(NC3CCOC3)c(N3CCN(Cc4cc(F)ccc4F)CC3)nc2cn1.CO. The van der Waals surface area contributed by atoms with E-state index in [2.05, 4.69) is 20.1 Å². The van der Waals surface area contributed by atoms with Gasteiger partial charge >= 0.3 is 0 Å². The zero-order valence-electron chi connectivity index (χ0n) is 22.1. The number of piperazine rings is 1. The Morgan fingerprint density at radius 2 is 1.84 bits per heavy atom. The average molecular weight is 531 g/mol. The molecule has 2 saturated heterocycles. The van der Waals surface area contributed by atoms with E-state index in [1.807, 2.05) is 6.07 Å². The third kappa shape index (κ3) is 7.10. The van der Waals surface area contributed by atoms with Gasteiger partial charge in [0.25, 0.3) is 0 Å². The van der Waals surface area contributed by atoms with E-state index in [9.17, 15) is 13.9 Å². The fraction of sp³-hybridized carbons (Fsp3) is 0.519. The Morgan fingerprint density at radius 3 is 2.53 bits per heavy atom. The molecule has 0 radical (unpaired) electrons. The molecule has 1 atom stereocenters. The summed E-state index contributed by atoms with van der Waals surface area (Å²) in [4.78, 5) is 18.6. The fourth-order valence-corrected chi connectivity index (χ4v) is 4.71. The van der Waals surface area contributed by atoms with Crippen LogP contribution in [0.5, 0.6) is 0 Å². The standard InChI is InChI=1S/C26H32F2N6O2.CH4O/c1-26(2,35)13-20-12-22-23(14-29-20)32-25(24(31-22)30-19-5-10-36-16-19)34-8-6-33(7-9-34)15-17-11-18(27)3-4-21(17)28;1-2/h3-4,11-12,14,19,35H,5-10,13,15-16H2,1-2H3,(H,30,31);2H,1H3. The third-order valence-electron chi connectivity index (χ3n) is 6.55. The van der Waals surface area contributed by atoms with Crippen LogP contribution in [0.3, 0.4) is 0 Å². The smallest absolute Gasteiger partial charge is 0.172 e. The van der Waals surface area contributed by atoms with Gasteiger partial charge in [-0.25, -0.2) is 18.7 Å². The van der Waals surface area contributed by atoms with E-state index in [-0.39, 0.29) is 11.9 Å². The molecule has 2 aromatic heterocycles. The summed E-state index contributed by atoms with van der Waals surface area (Å²) in [7, 11) is 1.00. The zero-order valence-corrected chi connectivity index (χ0v) is 22.1. The predicted molar refractivity (Wildman–Crippen MR) is 142 cm³/mol. The predicted octanol–water partition coefficient (Wildman–Crippen LogP) is 2.75. The molecule has 2 aliphatic rings. The van der Waals surface area contributed by atoms with Gasteiger partial charge in [0.1, 0.15) is 17.2 Å². The first-order valence-corrected chi connectivity index (χ1v) is 12.8. The van der Waals surface area contributed by atoms with Gasteiger partial charge in [0.15, 0.2) is 11.6 Å². The van der Waals surface area contributed by atoms with Gasteiger partial charge in [-0.05, 0) is 44.5 Å². The van der Waals surface area contributed by atoms with Crippen molar-refractivity contribution in [2.24, 2.45) is 0 Å². The summed E-state index contributed by atoms with van der Waals surface area (Å²) in [5, 5.41) is 20.7. The quantitative estimate of drug-likeness (QED) is 0.425. The number of fused-ring (bicyclic) bond motifs is 1. The second kappa shape index (κ2) is 12.2. The molecular formula is C27H36F2N6O3. The zero-order chi connectivity index (χ0) is 27.3. The lowest BCUT2D eigenvalue weighted by molar-refractivity contribution is 0.0800. The number of halogens is 2. The van der Waals surface area contributed by atoms with Crippen LogP contribution in [0, 0.1) is 11.6 Å². The van der Waals surface area contributed by atoms with Crippen LogP contribution in [0.25, 0.3) is 11.0 Å². The number of hydrogen-bond acceptors (Lipinski definition) is 9. The van der Waals surface area contributed by atoms with Crippen LogP contribution in [0.1, 0.15) is 31.5 Å². The summed E-state index contributed by atoms with van der Waals surface area (Å²) in [6, 6.07) is 5.62. The highest BCUT2D eigenvalue weighted by atomic mass is 19.1. The lowest BCUT2D eigenvalue weighted by Crippen LogP contribution is -2.46. The van der Waals surface area contributed by atoms with Crippen LogP contribution < -0.4 is 10.2 Å². The van der Waals surface area contributed by atoms with E-state index in [0.717, 1.165) is 36.6 Å². The Hall–Kier alpha value is -2.99. The van der Waals surface area contributed by atoms with Crippen LogP contribution >= 0.6 is 0 Å². The maximum atomic E-state index is 14.1. The van der Waals surface area contributed by atoms with Crippen molar-refractivity contribution in [1.82, 2.24) is 19.9 Å². The molecule has 1 aromatic carbocycles. The molecule has 2 aliphatic heterocycles. The van der Waals surface area contributed by atoms with Crippen LogP contribution in [0.2, 0.25) is 0 Å². The fourth-order valence-electron chi connectivity index (χ4n) is 4.71. The Bertz CT molecular complexity index is 1230. The topological polar surface area (TPSA) is 107 Å². The van der Waals surface area contributed by atoms with Crippen molar-refractivity contribution in [3.05, 3.63) is 53.4 Å². The molecule has 5 rings (SSSR count).